The third-order valence-corrected chi connectivity index (χ3v) is 3.14. The number of likely N-dealkylation sites (tertiary alicyclic amines) is 1. The van der Waals surface area contributed by atoms with Gasteiger partial charge in [0.05, 0.1) is 0 Å². The molecule has 1 rings (SSSR count). The summed E-state index contributed by atoms with van der Waals surface area (Å²) in [6.07, 6.45) is 2.95. The molecule has 15 heavy (non-hydrogen) atoms. The van der Waals surface area contributed by atoms with Crippen LogP contribution in [0.1, 0.15) is 40.0 Å². The summed E-state index contributed by atoms with van der Waals surface area (Å²) >= 11 is 0. The molecular weight excluding hydrogens is 188 g/mol. The Kier molecular flexibility index (Phi) is 4.58. The molecule has 0 spiro atoms. The summed E-state index contributed by atoms with van der Waals surface area (Å²) in [4.78, 5) is 13.9. The molecule has 1 fully saturated rings. The van der Waals surface area contributed by atoms with Gasteiger partial charge in [-0.1, -0.05) is 13.8 Å². The Morgan fingerprint density at radius 3 is 2.67 bits per heavy atom. The quantitative estimate of drug-likeness (QED) is 0.772. The van der Waals surface area contributed by atoms with Crippen LogP contribution in [0.3, 0.4) is 0 Å². The molecule has 1 amide bonds. The molecule has 1 heterocycles. The van der Waals surface area contributed by atoms with Crippen molar-refractivity contribution < 1.29 is 4.79 Å². The van der Waals surface area contributed by atoms with Crippen molar-refractivity contribution in [2.45, 2.75) is 46.1 Å². The van der Waals surface area contributed by atoms with Crippen molar-refractivity contribution in [3.63, 3.8) is 0 Å². The number of hydrogen-bond donors (Lipinski definition) is 1. The van der Waals surface area contributed by atoms with Crippen LogP contribution in [-0.4, -0.2) is 29.9 Å². The maximum Gasteiger partial charge on any atom is 0.222 e. The highest BCUT2D eigenvalue weighted by Crippen LogP contribution is 2.20. The third kappa shape index (κ3) is 3.82. The fourth-order valence-corrected chi connectivity index (χ4v) is 2.14. The molecule has 0 aromatic rings. The predicted octanol–water partition coefficient (Wildman–Crippen LogP) is 1.62. The van der Waals surface area contributed by atoms with Crippen LogP contribution >= 0.6 is 0 Å². The van der Waals surface area contributed by atoms with Crippen LogP contribution < -0.4 is 5.73 Å². The molecule has 0 bridgehead atoms. The lowest BCUT2D eigenvalue weighted by atomic mass is 9.92. The van der Waals surface area contributed by atoms with E-state index in [0.717, 1.165) is 19.5 Å². The monoisotopic (exact) mass is 212 g/mol. The van der Waals surface area contributed by atoms with E-state index in [2.05, 4.69) is 13.8 Å². The molecule has 0 unspecified atom stereocenters. The second-order valence-corrected chi connectivity index (χ2v) is 5.20. The van der Waals surface area contributed by atoms with Crippen LogP contribution in [0, 0.1) is 11.8 Å². The van der Waals surface area contributed by atoms with E-state index in [-0.39, 0.29) is 6.04 Å². The minimum absolute atomic E-state index is 0.208. The van der Waals surface area contributed by atoms with Gasteiger partial charge in [0.2, 0.25) is 5.91 Å². The van der Waals surface area contributed by atoms with Gasteiger partial charge in [0.1, 0.15) is 0 Å². The molecule has 3 nitrogen and oxygen atoms in total. The Hall–Kier alpha value is -0.570. The number of amides is 1. The van der Waals surface area contributed by atoms with Gasteiger partial charge in [0.15, 0.2) is 0 Å². The lowest BCUT2D eigenvalue weighted by Gasteiger charge is -2.35. The molecule has 2 N–H and O–H groups in total. The highest BCUT2D eigenvalue weighted by atomic mass is 16.2. The number of rotatable bonds is 3. The van der Waals surface area contributed by atoms with Crippen molar-refractivity contribution in [2.75, 3.05) is 13.1 Å². The highest BCUT2D eigenvalue weighted by Gasteiger charge is 2.25. The molecule has 1 aliphatic heterocycles. The minimum Gasteiger partial charge on any atom is -0.342 e. The molecule has 3 heteroatoms. The number of carbonyl (C=O) groups is 1. The Balaban J connectivity index is 2.45. The summed E-state index contributed by atoms with van der Waals surface area (Å²) in [6.45, 7) is 8.01. The van der Waals surface area contributed by atoms with E-state index < -0.39 is 0 Å². The summed E-state index contributed by atoms with van der Waals surface area (Å²) in [7, 11) is 0. The van der Waals surface area contributed by atoms with Gasteiger partial charge < -0.3 is 10.6 Å². The van der Waals surface area contributed by atoms with Crippen LogP contribution in [0.5, 0.6) is 0 Å². The molecule has 0 aromatic heterocycles. The molecule has 0 aliphatic carbocycles. The van der Waals surface area contributed by atoms with Crippen LogP contribution in [0.15, 0.2) is 0 Å². The molecule has 0 saturated carbocycles. The molecule has 1 saturated heterocycles. The van der Waals surface area contributed by atoms with Crippen molar-refractivity contribution >= 4 is 5.91 Å². The summed E-state index contributed by atoms with van der Waals surface area (Å²) < 4.78 is 0. The van der Waals surface area contributed by atoms with E-state index in [0.29, 0.717) is 24.2 Å². The fraction of sp³-hybridized carbons (Fsp3) is 0.917. The van der Waals surface area contributed by atoms with E-state index in [1.807, 2.05) is 11.8 Å². The number of carbonyl (C=O) groups excluding carboxylic acids is 1. The lowest BCUT2D eigenvalue weighted by Crippen LogP contribution is -2.45. The van der Waals surface area contributed by atoms with Gasteiger partial charge >= 0.3 is 0 Å². The van der Waals surface area contributed by atoms with Crippen LogP contribution in [0.2, 0.25) is 0 Å². The third-order valence-electron chi connectivity index (χ3n) is 3.14. The van der Waals surface area contributed by atoms with E-state index in [9.17, 15) is 4.79 Å². The molecule has 1 aliphatic rings. The number of piperidine rings is 1. The second kappa shape index (κ2) is 5.50. The fourth-order valence-electron chi connectivity index (χ4n) is 2.14. The van der Waals surface area contributed by atoms with E-state index in [1.54, 1.807) is 0 Å². The van der Waals surface area contributed by atoms with E-state index >= 15 is 0 Å². The molecule has 88 valence electrons. The zero-order chi connectivity index (χ0) is 11.4. The first-order valence-corrected chi connectivity index (χ1v) is 6.04. The topological polar surface area (TPSA) is 46.3 Å². The maximum absolute atomic E-state index is 11.9. The van der Waals surface area contributed by atoms with Crippen molar-refractivity contribution in [3.05, 3.63) is 0 Å². The van der Waals surface area contributed by atoms with Crippen molar-refractivity contribution in [3.8, 4) is 0 Å². The first-order valence-electron chi connectivity index (χ1n) is 6.04. The zero-order valence-electron chi connectivity index (χ0n) is 10.2. The molecule has 0 aromatic carbocycles. The largest absolute Gasteiger partial charge is 0.342 e. The molecular formula is C12H24N2O. The van der Waals surface area contributed by atoms with Crippen LogP contribution in [0.25, 0.3) is 0 Å². The smallest absolute Gasteiger partial charge is 0.222 e. The van der Waals surface area contributed by atoms with Gasteiger partial charge in [0, 0.05) is 25.6 Å². The Bertz CT molecular complexity index is 214. The van der Waals surface area contributed by atoms with Crippen LogP contribution in [-0.2, 0) is 4.79 Å². The van der Waals surface area contributed by atoms with Crippen molar-refractivity contribution in [1.82, 2.24) is 4.90 Å². The Morgan fingerprint density at radius 2 is 2.13 bits per heavy atom. The van der Waals surface area contributed by atoms with Gasteiger partial charge in [-0.25, -0.2) is 0 Å². The predicted molar refractivity (Wildman–Crippen MR) is 62.4 cm³/mol. The number of nitrogens with zero attached hydrogens (tertiary/aromatic N) is 1. The Morgan fingerprint density at radius 1 is 1.47 bits per heavy atom. The Labute approximate surface area is 93.0 Å². The first-order chi connectivity index (χ1) is 7.00. The second-order valence-electron chi connectivity index (χ2n) is 5.20. The normalized spacial score (nSPS) is 24.3. The maximum atomic E-state index is 11.9. The first kappa shape index (κ1) is 12.5. The number of nitrogens with two attached hydrogens (primary N) is 1. The standard InChI is InChI=1S/C12H24N2O/c1-9(2)7-12(15)14-6-4-5-11(8-14)10(3)13/h9-11H,4-8,13H2,1-3H3/t10-,11-/m0/s1. The van der Waals surface area contributed by atoms with Crippen LogP contribution in [0.4, 0.5) is 0 Å². The summed E-state index contributed by atoms with van der Waals surface area (Å²) in [6, 6.07) is 0.208. The van der Waals surface area contributed by atoms with Gasteiger partial charge in [-0.05, 0) is 31.6 Å². The molecule has 0 radical (unpaired) electrons. The average molecular weight is 212 g/mol. The number of hydrogen-bond acceptors (Lipinski definition) is 2. The zero-order valence-corrected chi connectivity index (χ0v) is 10.2. The summed E-state index contributed by atoms with van der Waals surface area (Å²) in [5.41, 5.74) is 5.89. The minimum atomic E-state index is 0.208. The summed E-state index contributed by atoms with van der Waals surface area (Å²) in [5.74, 6) is 1.25. The van der Waals surface area contributed by atoms with Crippen molar-refractivity contribution in [1.29, 1.82) is 0 Å². The lowest BCUT2D eigenvalue weighted by molar-refractivity contribution is -0.133. The highest BCUT2D eigenvalue weighted by molar-refractivity contribution is 5.76. The average Bonchev–Trinajstić information content (AvgIpc) is 2.17. The van der Waals surface area contributed by atoms with Gasteiger partial charge in [-0.15, -0.1) is 0 Å². The van der Waals surface area contributed by atoms with E-state index in [4.69, 9.17) is 5.73 Å². The van der Waals surface area contributed by atoms with E-state index in [1.165, 1.54) is 6.42 Å². The summed E-state index contributed by atoms with van der Waals surface area (Å²) in [5, 5.41) is 0. The van der Waals surface area contributed by atoms with Gasteiger partial charge in [-0.3, -0.25) is 4.79 Å². The SMILES string of the molecule is CC(C)CC(=O)N1CCC[C@H]([C@H](C)N)C1. The van der Waals surface area contributed by atoms with Gasteiger partial charge in [-0.2, -0.15) is 0 Å². The van der Waals surface area contributed by atoms with Crippen molar-refractivity contribution in [2.24, 2.45) is 17.6 Å². The molecule has 2 atom stereocenters. The van der Waals surface area contributed by atoms with Gasteiger partial charge in [0.25, 0.3) is 0 Å².